The first-order valence-electron chi connectivity index (χ1n) is 6.01. The van der Waals surface area contributed by atoms with Crippen LogP contribution in [0.2, 0.25) is 0 Å². The van der Waals surface area contributed by atoms with Crippen LogP contribution < -0.4 is 4.74 Å². The number of carboxylic acids is 1. The van der Waals surface area contributed by atoms with Crippen molar-refractivity contribution < 1.29 is 14.6 Å². The summed E-state index contributed by atoms with van der Waals surface area (Å²) < 4.78 is 5.76. The zero-order valence-corrected chi connectivity index (χ0v) is 9.93. The Balaban J connectivity index is 1.96. The molecule has 2 unspecified atom stereocenters. The van der Waals surface area contributed by atoms with Gasteiger partial charge in [-0.25, -0.2) is 9.78 Å². The molecule has 1 aromatic rings. The second-order valence-electron chi connectivity index (χ2n) is 4.70. The van der Waals surface area contributed by atoms with Crippen molar-refractivity contribution in [3.8, 4) is 5.88 Å². The van der Waals surface area contributed by atoms with Crippen molar-refractivity contribution in [2.45, 2.75) is 38.7 Å². The lowest BCUT2D eigenvalue weighted by molar-refractivity contribution is 0.0696. The standard InChI is InChI=1S/C13H17NO3/c1-9-3-2-4-11(7-9)17-12-6-5-10(8-14-12)13(15)16/h5-6,8-9,11H,2-4,7H2,1H3,(H,15,16). The number of pyridine rings is 1. The Labute approximate surface area is 101 Å². The fourth-order valence-electron chi connectivity index (χ4n) is 2.23. The number of nitrogens with zero attached hydrogens (tertiary/aromatic N) is 1. The summed E-state index contributed by atoms with van der Waals surface area (Å²) in [6.45, 7) is 2.23. The van der Waals surface area contributed by atoms with Crippen LogP contribution in [0, 0.1) is 5.92 Å². The van der Waals surface area contributed by atoms with Crippen LogP contribution in [0.3, 0.4) is 0 Å². The number of carboxylic acid groups (broad SMARTS) is 1. The van der Waals surface area contributed by atoms with Gasteiger partial charge in [-0.1, -0.05) is 13.3 Å². The van der Waals surface area contributed by atoms with Gasteiger partial charge in [-0.2, -0.15) is 0 Å². The number of hydrogen-bond acceptors (Lipinski definition) is 3. The molecular formula is C13H17NO3. The molecule has 0 bridgehead atoms. The quantitative estimate of drug-likeness (QED) is 0.875. The molecular weight excluding hydrogens is 218 g/mol. The van der Waals surface area contributed by atoms with Crippen molar-refractivity contribution in [3.63, 3.8) is 0 Å². The fourth-order valence-corrected chi connectivity index (χ4v) is 2.23. The third-order valence-corrected chi connectivity index (χ3v) is 3.16. The zero-order chi connectivity index (χ0) is 12.3. The monoisotopic (exact) mass is 235 g/mol. The van der Waals surface area contributed by atoms with Crippen molar-refractivity contribution >= 4 is 5.97 Å². The largest absolute Gasteiger partial charge is 0.478 e. The first kappa shape index (κ1) is 11.9. The van der Waals surface area contributed by atoms with Crippen molar-refractivity contribution in [3.05, 3.63) is 23.9 Å². The Hall–Kier alpha value is -1.58. The third kappa shape index (κ3) is 3.19. The molecule has 1 aliphatic carbocycles. The molecule has 0 spiro atoms. The highest BCUT2D eigenvalue weighted by molar-refractivity contribution is 5.87. The zero-order valence-electron chi connectivity index (χ0n) is 9.93. The molecule has 92 valence electrons. The lowest BCUT2D eigenvalue weighted by Gasteiger charge is -2.26. The first-order valence-corrected chi connectivity index (χ1v) is 6.01. The van der Waals surface area contributed by atoms with E-state index in [-0.39, 0.29) is 11.7 Å². The summed E-state index contributed by atoms with van der Waals surface area (Å²) in [7, 11) is 0. The van der Waals surface area contributed by atoms with Gasteiger partial charge in [-0.05, 0) is 31.2 Å². The van der Waals surface area contributed by atoms with Crippen LogP contribution in [-0.4, -0.2) is 22.2 Å². The first-order chi connectivity index (χ1) is 8.15. The molecule has 17 heavy (non-hydrogen) atoms. The summed E-state index contributed by atoms with van der Waals surface area (Å²) >= 11 is 0. The third-order valence-electron chi connectivity index (χ3n) is 3.16. The van der Waals surface area contributed by atoms with Gasteiger partial charge in [0.05, 0.1) is 5.56 Å². The number of carbonyl (C=O) groups is 1. The van der Waals surface area contributed by atoms with Crippen molar-refractivity contribution in [2.24, 2.45) is 5.92 Å². The molecule has 1 heterocycles. The Morgan fingerprint density at radius 3 is 2.88 bits per heavy atom. The summed E-state index contributed by atoms with van der Waals surface area (Å²) in [6, 6.07) is 3.15. The van der Waals surface area contributed by atoms with Gasteiger partial charge in [0.15, 0.2) is 0 Å². The van der Waals surface area contributed by atoms with E-state index >= 15 is 0 Å². The van der Waals surface area contributed by atoms with E-state index in [0.29, 0.717) is 11.8 Å². The molecule has 1 fully saturated rings. The Morgan fingerprint density at radius 1 is 1.47 bits per heavy atom. The highest BCUT2D eigenvalue weighted by Crippen LogP contribution is 2.26. The summed E-state index contributed by atoms with van der Waals surface area (Å²) in [4.78, 5) is 14.7. The lowest BCUT2D eigenvalue weighted by Crippen LogP contribution is -2.24. The summed E-state index contributed by atoms with van der Waals surface area (Å²) in [5.74, 6) is 0.261. The van der Waals surface area contributed by atoms with Crippen LogP contribution in [-0.2, 0) is 0 Å². The van der Waals surface area contributed by atoms with E-state index in [1.165, 1.54) is 25.1 Å². The fraction of sp³-hybridized carbons (Fsp3) is 0.538. The maximum Gasteiger partial charge on any atom is 0.337 e. The molecule has 2 atom stereocenters. The molecule has 4 nitrogen and oxygen atoms in total. The molecule has 0 radical (unpaired) electrons. The Bertz CT molecular complexity index is 388. The molecule has 0 aromatic carbocycles. The van der Waals surface area contributed by atoms with Crippen LogP contribution in [0.1, 0.15) is 43.0 Å². The predicted octanol–water partition coefficient (Wildman–Crippen LogP) is 2.74. The van der Waals surface area contributed by atoms with E-state index in [0.717, 1.165) is 12.8 Å². The topological polar surface area (TPSA) is 59.4 Å². The molecule has 4 heteroatoms. The highest BCUT2D eigenvalue weighted by Gasteiger charge is 2.20. The van der Waals surface area contributed by atoms with Crippen molar-refractivity contribution in [2.75, 3.05) is 0 Å². The number of aromatic nitrogens is 1. The van der Waals surface area contributed by atoms with Gasteiger partial charge in [-0.15, -0.1) is 0 Å². The number of rotatable bonds is 3. The summed E-state index contributed by atoms with van der Waals surface area (Å²) in [5.41, 5.74) is 0.189. The SMILES string of the molecule is CC1CCCC(Oc2ccc(C(=O)O)cn2)C1. The van der Waals surface area contributed by atoms with Gasteiger partial charge in [0.25, 0.3) is 0 Å². The average Bonchev–Trinajstić information content (AvgIpc) is 2.29. The van der Waals surface area contributed by atoms with E-state index in [4.69, 9.17) is 9.84 Å². The predicted molar refractivity (Wildman–Crippen MR) is 63.2 cm³/mol. The molecule has 1 aromatic heterocycles. The molecule has 0 amide bonds. The van der Waals surface area contributed by atoms with E-state index in [1.807, 2.05) is 0 Å². The van der Waals surface area contributed by atoms with Gasteiger partial charge in [0.2, 0.25) is 5.88 Å². The minimum atomic E-state index is -0.963. The minimum Gasteiger partial charge on any atom is -0.478 e. The molecule has 1 N–H and O–H groups in total. The van der Waals surface area contributed by atoms with Crippen molar-refractivity contribution in [1.29, 1.82) is 0 Å². The van der Waals surface area contributed by atoms with Crippen LogP contribution in [0.25, 0.3) is 0 Å². The van der Waals surface area contributed by atoms with Gasteiger partial charge < -0.3 is 9.84 Å². The van der Waals surface area contributed by atoms with Gasteiger partial charge in [-0.3, -0.25) is 0 Å². The van der Waals surface area contributed by atoms with Crippen LogP contribution in [0.15, 0.2) is 18.3 Å². The van der Waals surface area contributed by atoms with Gasteiger partial charge in [0.1, 0.15) is 6.10 Å². The van der Waals surface area contributed by atoms with Crippen molar-refractivity contribution in [1.82, 2.24) is 4.98 Å². The smallest absolute Gasteiger partial charge is 0.337 e. The molecule has 1 saturated carbocycles. The number of hydrogen-bond donors (Lipinski definition) is 1. The second-order valence-corrected chi connectivity index (χ2v) is 4.70. The van der Waals surface area contributed by atoms with Gasteiger partial charge >= 0.3 is 5.97 Å². The normalized spacial score (nSPS) is 24.3. The Kier molecular flexibility index (Phi) is 3.61. The Morgan fingerprint density at radius 2 is 2.29 bits per heavy atom. The number of aromatic carboxylic acids is 1. The molecule has 0 saturated heterocycles. The van der Waals surface area contributed by atoms with Crippen LogP contribution in [0.4, 0.5) is 0 Å². The number of ether oxygens (including phenoxy) is 1. The molecule has 0 aliphatic heterocycles. The van der Waals surface area contributed by atoms with E-state index in [9.17, 15) is 4.79 Å². The van der Waals surface area contributed by atoms with E-state index < -0.39 is 5.97 Å². The van der Waals surface area contributed by atoms with Gasteiger partial charge in [0, 0.05) is 12.3 Å². The lowest BCUT2D eigenvalue weighted by atomic mass is 9.89. The highest BCUT2D eigenvalue weighted by atomic mass is 16.5. The van der Waals surface area contributed by atoms with E-state index in [2.05, 4.69) is 11.9 Å². The van der Waals surface area contributed by atoms with E-state index in [1.54, 1.807) is 6.07 Å². The molecule has 2 rings (SSSR count). The maximum absolute atomic E-state index is 10.7. The minimum absolute atomic E-state index is 0.189. The van der Waals surface area contributed by atoms with Crippen LogP contribution in [0.5, 0.6) is 5.88 Å². The molecule has 1 aliphatic rings. The average molecular weight is 235 g/mol. The second kappa shape index (κ2) is 5.17. The summed E-state index contributed by atoms with van der Waals surface area (Å²) in [6.07, 6.45) is 6.14. The summed E-state index contributed by atoms with van der Waals surface area (Å²) in [5, 5.41) is 8.75. The maximum atomic E-state index is 10.7. The van der Waals surface area contributed by atoms with Crippen LogP contribution >= 0.6 is 0 Å².